The molecule has 1 aromatic carbocycles. The molecule has 0 aliphatic heterocycles. The van der Waals surface area contributed by atoms with Gasteiger partial charge in [0.05, 0.1) is 12.1 Å². The number of amides is 2. The number of aromatic nitrogens is 2. The summed E-state index contributed by atoms with van der Waals surface area (Å²) in [6.45, 7) is 6.84. The van der Waals surface area contributed by atoms with Gasteiger partial charge in [-0.1, -0.05) is 6.07 Å². The Morgan fingerprint density at radius 3 is 2.70 bits per heavy atom. The Bertz CT molecular complexity index is 976. The van der Waals surface area contributed by atoms with E-state index >= 15 is 0 Å². The summed E-state index contributed by atoms with van der Waals surface area (Å²) >= 11 is 0. The monoisotopic (exact) mass is 366 g/mol. The first kappa shape index (κ1) is 18.6. The van der Waals surface area contributed by atoms with Gasteiger partial charge in [-0.15, -0.1) is 0 Å². The lowest BCUT2D eigenvalue weighted by molar-refractivity contribution is 0.0766. The Kier molecular flexibility index (Phi) is 5.49. The van der Waals surface area contributed by atoms with E-state index in [1.54, 1.807) is 36.2 Å². The molecular weight excluding hydrogens is 344 g/mol. The summed E-state index contributed by atoms with van der Waals surface area (Å²) in [5.74, 6) is 0.348. The molecule has 2 aromatic heterocycles. The fourth-order valence-corrected chi connectivity index (χ4v) is 2.86. The van der Waals surface area contributed by atoms with E-state index in [9.17, 15) is 9.59 Å². The van der Waals surface area contributed by atoms with Crippen molar-refractivity contribution in [3.8, 4) is 0 Å². The minimum Gasteiger partial charge on any atom is -0.443 e. The number of pyridine rings is 1. The molecule has 140 valence electrons. The van der Waals surface area contributed by atoms with Gasteiger partial charge >= 0.3 is 0 Å². The summed E-state index contributed by atoms with van der Waals surface area (Å²) in [5, 5.41) is 3.67. The van der Waals surface area contributed by atoms with Gasteiger partial charge in [-0.25, -0.2) is 4.98 Å². The SMILES string of the molecule is CCN(CC)C(=O)c1nc(CNC(=O)c2ccc3ncccc3c2)oc1C. The van der Waals surface area contributed by atoms with Gasteiger partial charge in [-0.3, -0.25) is 14.6 Å². The van der Waals surface area contributed by atoms with Gasteiger partial charge in [0.1, 0.15) is 5.76 Å². The second-order valence-electron chi connectivity index (χ2n) is 6.08. The van der Waals surface area contributed by atoms with Crippen LogP contribution in [0.3, 0.4) is 0 Å². The molecule has 3 aromatic rings. The van der Waals surface area contributed by atoms with Crippen molar-refractivity contribution in [2.45, 2.75) is 27.3 Å². The Labute approximate surface area is 157 Å². The first-order valence-electron chi connectivity index (χ1n) is 8.92. The van der Waals surface area contributed by atoms with Crippen molar-refractivity contribution in [1.29, 1.82) is 0 Å². The lowest BCUT2D eigenvalue weighted by Crippen LogP contribution is -2.31. The average Bonchev–Trinajstić information content (AvgIpc) is 3.07. The zero-order chi connectivity index (χ0) is 19.4. The third-order valence-electron chi connectivity index (χ3n) is 4.36. The number of rotatable bonds is 6. The third-order valence-corrected chi connectivity index (χ3v) is 4.36. The number of carbonyl (C=O) groups is 2. The number of oxazole rings is 1. The molecule has 0 fully saturated rings. The van der Waals surface area contributed by atoms with Crippen LogP contribution in [0.2, 0.25) is 0 Å². The Hall–Kier alpha value is -3.22. The molecular formula is C20H22N4O3. The lowest BCUT2D eigenvalue weighted by Gasteiger charge is -2.16. The Morgan fingerprint density at radius 2 is 1.96 bits per heavy atom. The van der Waals surface area contributed by atoms with E-state index < -0.39 is 0 Å². The van der Waals surface area contributed by atoms with Crippen LogP contribution in [-0.4, -0.2) is 39.8 Å². The van der Waals surface area contributed by atoms with Gasteiger partial charge in [0.2, 0.25) is 5.89 Å². The maximum Gasteiger partial charge on any atom is 0.276 e. The lowest BCUT2D eigenvalue weighted by atomic mass is 10.1. The minimum absolute atomic E-state index is 0.107. The van der Waals surface area contributed by atoms with Gasteiger partial charge in [-0.2, -0.15) is 0 Å². The van der Waals surface area contributed by atoms with Crippen molar-refractivity contribution in [1.82, 2.24) is 20.2 Å². The van der Waals surface area contributed by atoms with Gasteiger partial charge < -0.3 is 14.6 Å². The van der Waals surface area contributed by atoms with Crippen molar-refractivity contribution in [2.24, 2.45) is 0 Å². The molecule has 0 saturated heterocycles. The number of carbonyl (C=O) groups excluding carboxylic acids is 2. The summed E-state index contributed by atoms with van der Waals surface area (Å²) in [5.41, 5.74) is 1.65. The van der Waals surface area contributed by atoms with E-state index in [1.807, 2.05) is 26.0 Å². The van der Waals surface area contributed by atoms with Gasteiger partial charge in [0.25, 0.3) is 11.8 Å². The first-order chi connectivity index (χ1) is 13.0. The molecule has 0 aliphatic rings. The number of nitrogens with one attached hydrogen (secondary N) is 1. The summed E-state index contributed by atoms with van der Waals surface area (Å²) < 4.78 is 5.55. The number of aryl methyl sites for hydroxylation is 1. The molecule has 2 amide bonds. The molecule has 0 aliphatic carbocycles. The molecule has 0 bridgehead atoms. The van der Waals surface area contributed by atoms with E-state index in [4.69, 9.17) is 4.42 Å². The van der Waals surface area contributed by atoms with Crippen LogP contribution in [0.15, 0.2) is 40.9 Å². The molecule has 27 heavy (non-hydrogen) atoms. The van der Waals surface area contributed by atoms with Gasteiger partial charge in [-0.05, 0) is 45.0 Å². The van der Waals surface area contributed by atoms with Gasteiger partial charge in [0.15, 0.2) is 5.69 Å². The van der Waals surface area contributed by atoms with Crippen LogP contribution < -0.4 is 5.32 Å². The first-order valence-corrected chi connectivity index (χ1v) is 8.92. The van der Waals surface area contributed by atoms with Crippen LogP contribution in [0.1, 0.15) is 46.3 Å². The standard InChI is InChI=1S/C20H22N4O3/c1-4-24(5-2)20(26)18-13(3)27-17(23-18)12-22-19(25)15-8-9-16-14(11-15)7-6-10-21-16/h6-11H,4-5,12H2,1-3H3,(H,22,25). The molecule has 0 saturated carbocycles. The van der Waals surface area contributed by atoms with Crippen LogP contribution >= 0.6 is 0 Å². The molecule has 0 unspecified atom stereocenters. The molecule has 3 rings (SSSR count). The fraction of sp³-hybridized carbons (Fsp3) is 0.300. The fourth-order valence-electron chi connectivity index (χ4n) is 2.86. The highest BCUT2D eigenvalue weighted by Crippen LogP contribution is 2.15. The summed E-state index contributed by atoms with van der Waals surface area (Å²) in [7, 11) is 0. The predicted octanol–water partition coefficient (Wildman–Crippen LogP) is 2.94. The molecule has 1 N–H and O–H groups in total. The zero-order valence-electron chi connectivity index (χ0n) is 15.7. The number of benzene rings is 1. The second kappa shape index (κ2) is 7.99. The average molecular weight is 366 g/mol. The molecule has 0 radical (unpaired) electrons. The zero-order valence-corrected chi connectivity index (χ0v) is 15.7. The van der Waals surface area contributed by atoms with E-state index in [0.717, 1.165) is 10.9 Å². The maximum absolute atomic E-state index is 12.4. The van der Waals surface area contributed by atoms with Crippen molar-refractivity contribution in [3.63, 3.8) is 0 Å². The van der Waals surface area contributed by atoms with E-state index in [-0.39, 0.29) is 18.4 Å². The quantitative estimate of drug-likeness (QED) is 0.725. The van der Waals surface area contributed by atoms with Crippen LogP contribution in [0.5, 0.6) is 0 Å². The van der Waals surface area contributed by atoms with Crippen molar-refractivity contribution < 1.29 is 14.0 Å². The highest BCUT2D eigenvalue weighted by atomic mass is 16.4. The summed E-state index contributed by atoms with van der Waals surface area (Å²) in [4.78, 5) is 35.0. The summed E-state index contributed by atoms with van der Waals surface area (Å²) in [6.07, 6.45) is 1.71. The number of nitrogens with zero attached hydrogens (tertiary/aromatic N) is 3. The highest BCUT2D eigenvalue weighted by molar-refractivity contribution is 5.97. The number of hydrogen-bond acceptors (Lipinski definition) is 5. The van der Waals surface area contributed by atoms with Crippen molar-refractivity contribution in [2.75, 3.05) is 13.1 Å². The highest BCUT2D eigenvalue weighted by Gasteiger charge is 2.21. The summed E-state index contributed by atoms with van der Waals surface area (Å²) in [6, 6.07) is 9.05. The van der Waals surface area contributed by atoms with Crippen LogP contribution in [-0.2, 0) is 6.54 Å². The smallest absolute Gasteiger partial charge is 0.276 e. The van der Waals surface area contributed by atoms with E-state index in [2.05, 4.69) is 15.3 Å². The van der Waals surface area contributed by atoms with E-state index in [1.165, 1.54) is 0 Å². The topological polar surface area (TPSA) is 88.3 Å². The molecule has 7 nitrogen and oxygen atoms in total. The van der Waals surface area contributed by atoms with E-state index in [0.29, 0.717) is 36.0 Å². The Balaban J connectivity index is 1.70. The molecule has 0 spiro atoms. The minimum atomic E-state index is -0.242. The predicted molar refractivity (Wildman–Crippen MR) is 101 cm³/mol. The molecule has 2 heterocycles. The van der Waals surface area contributed by atoms with Crippen LogP contribution in [0.25, 0.3) is 10.9 Å². The number of fused-ring (bicyclic) bond motifs is 1. The van der Waals surface area contributed by atoms with Gasteiger partial charge in [0, 0.05) is 30.2 Å². The Morgan fingerprint density at radius 1 is 1.19 bits per heavy atom. The second-order valence-corrected chi connectivity index (χ2v) is 6.08. The van der Waals surface area contributed by atoms with Crippen LogP contribution in [0, 0.1) is 6.92 Å². The largest absolute Gasteiger partial charge is 0.443 e. The van der Waals surface area contributed by atoms with Crippen LogP contribution in [0.4, 0.5) is 0 Å². The van der Waals surface area contributed by atoms with Crippen molar-refractivity contribution in [3.05, 3.63) is 59.4 Å². The normalized spacial score (nSPS) is 10.8. The van der Waals surface area contributed by atoms with Crippen molar-refractivity contribution >= 4 is 22.7 Å². The molecule has 0 atom stereocenters. The number of hydrogen-bond donors (Lipinski definition) is 1. The third kappa shape index (κ3) is 3.97. The molecule has 7 heteroatoms. The maximum atomic E-state index is 12.4.